The highest BCUT2D eigenvalue weighted by Gasteiger charge is 2.33. The summed E-state index contributed by atoms with van der Waals surface area (Å²) >= 11 is 6.09. The zero-order valence-corrected chi connectivity index (χ0v) is 18.6. The van der Waals surface area contributed by atoms with Crippen LogP contribution in [0.5, 0.6) is 0 Å². The van der Waals surface area contributed by atoms with Crippen molar-refractivity contribution in [2.75, 3.05) is 13.6 Å². The number of rotatable bonds is 6. The Morgan fingerprint density at radius 1 is 1.06 bits per heavy atom. The lowest BCUT2D eigenvalue weighted by Crippen LogP contribution is -2.36. The maximum Gasteiger partial charge on any atom is 0.257 e. The molecule has 0 spiro atoms. The van der Waals surface area contributed by atoms with Crippen molar-refractivity contribution in [2.45, 2.75) is 25.9 Å². The molecule has 4 rings (SSSR count). The summed E-state index contributed by atoms with van der Waals surface area (Å²) in [5.74, 6) is -0.0129. The topological polar surface area (TPSA) is 35.9 Å². The van der Waals surface area contributed by atoms with Crippen molar-refractivity contribution in [3.05, 3.63) is 106 Å². The fourth-order valence-electron chi connectivity index (χ4n) is 3.94. The summed E-state index contributed by atoms with van der Waals surface area (Å²) in [6.07, 6.45) is 0.680. The van der Waals surface area contributed by atoms with Crippen LogP contribution in [-0.4, -0.2) is 35.1 Å². The first-order chi connectivity index (χ1) is 15.0. The molecule has 31 heavy (non-hydrogen) atoms. The van der Waals surface area contributed by atoms with E-state index < -0.39 is 0 Å². The van der Waals surface area contributed by atoms with Crippen LogP contribution in [-0.2, 0) is 11.3 Å². The number of nitrogens with zero attached hydrogens (tertiary/aromatic N) is 3. The highest BCUT2D eigenvalue weighted by Crippen LogP contribution is 2.33. The van der Waals surface area contributed by atoms with Crippen molar-refractivity contribution < 1.29 is 4.79 Å². The molecule has 0 saturated carbocycles. The number of hydrazone groups is 1. The van der Waals surface area contributed by atoms with E-state index >= 15 is 0 Å². The third-order valence-electron chi connectivity index (χ3n) is 5.47. The van der Waals surface area contributed by atoms with Crippen LogP contribution in [0.15, 0.2) is 84.0 Å². The van der Waals surface area contributed by atoms with Gasteiger partial charge in [0.2, 0.25) is 0 Å². The molecule has 1 amide bonds. The van der Waals surface area contributed by atoms with E-state index in [9.17, 15) is 4.79 Å². The fourth-order valence-corrected chi connectivity index (χ4v) is 4.06. The van der Waals surface area contributed by atoms with Crippen molar-refractivity contribution in [3.63, 3.8) is 0 Å². The predicted molar refractivity (Wildman–Crippen MR) is 126 cm³/mol. The van der Waals surface area contributed by atoms with Gasteiger partial charge in [-0.05, 0) is 42.8 Å². The molecule has 3 aromatic carbocycles. The van der Waals surface area contributed by atoms with Gasteiger partial charge in [-0.2, -0.15) is 5.10 Å². The third kappa shape index (κ3) is 5.22. The maximum absolute atomic E-state index is 13.3. The molecular weight excluding hydrogens is 406 g/mol. The van der Waals surface area contributed by atoms with Crippen LogP contribution < -0.4 is 0 Å². The summed E-state index contributed by atoms with van der Waals surface area (Å²) in [6, 6.07) is 26.0. The Bertz CT molecular complexity index is 1080. The lowest BCUT2D eigenvalue weighted by Gasteiger charge is -2.25. The average molecular weight is 432 g/mol. The van der Waals surface area contributed by atoms with Crippen molar-refractivity contribution in [2.24, 2.45) is 5.10 Å². The van der Waals surface area contributed by atoms with Crippen LogP contribution in [0, 0.1) is 6.92 Å². The van der Waals surface area contributed by atoms with Crippen molar-refractivity contribution in [1.29, 1.82) is 0 Å². The van der Waals surface area contributed by atoms with Gasteiger partial charge in [-0.1, -0.05) is 83.9 Å². The van der Waals surface area contributed by atoms with Gasteiger partial charge >= 0.3 is 0 Å². The van der Waals surface area contributed by atoms with Gasteiger partial charge in [0.25, 0.3) is 5.91 Å². The number of amides is 1. The first kappa shape index (κ1) is 21.3. The summed E-state index contributed by atoms with van der Waals surface area (Å²) < 4.78 is 0. The molecule has 158 valence electrons. The summed E-state index contributed by atoms with van der Waals surface area (Å²) in [6.45, 7) is 3.07. The number of benzene rings is 3. The molecule has 0 aromatic heterocycles. The van der Waals surface area contributed by atoms with E-state index in [2.05, 4.69) is 37.3 Å². The first-order valence-electron chi connectivity index (χ1n) is 10.4. The summed E-state index contributed by atoms with van der Waals surface area (Å²) in [5.41, 5.74) is 5.39. The molecular formula is C26H26ClN3O. The number of halogens is 1. The standard InChI is InChI=1S/C26H26ClN3O/c1-19-7-6-10-22(15-19)24-16-25(21-11-13-23(27)14-12-21)30(28-24)26(31)18-29(2)17-20-8-4-3-5-9-20/h3-15,25H,16-18H2,1-2H3/t25-/m1/s1. The minimum absolute atomic E-state index is 0.0129. The van der Waals surface area contributed by atoms with Crippen LogP contribution >= 0.6 is 11.6 Å². The second-order valence-electron chi connectivity index (χ2n) is 8.08. The van der Waals surface area contributed by atoms with Crippen LogP contribution in [0.3, 0.4) is 0 Å². The van der Waals surface area contributed by atoms with Gasteiger partial charge in [0.15, 0.2) is 0 Å². The van der Waals surface area contributed by atoms with Crippen LogP contribution in [0.1, 0.15) is 34.7 Å². The van der Waals surface area contributed by atoms with Gasteiger partial charge in [0.1, 0.15) is 0 Å². The molecule has 1 heterocycles. The molecule has 0 unspecified atom stereocenters. The van der Waals surface area contributed by atoms with Gasteiger partial charge in [0.05, 0.1) is 18.3 Å². The monoisotopic (exact) mass is 431 g/mol. The van der Waals surface area contributed by atoms with Gasteiger partial charge in [-0.25, -0.2) is 5.01 Å². The summed E-state index contributed by atoms with van der Waals surface area (Å²) in [5, 5.41) is 7.12. The second kappa shape index (κ2) is 9.46. The summed E-state index contributed by atoms with van der Waals surface area (Å²) in [4.78, 5) is 15.3. The molecule has 1 aliphatic rings. The van der Waals surface area contributed by atoms with Crippen molar-refractivity contribution in [1.82, 2.24) is 9.91 Å². The molecule has 1 aliphatic heterocycles. The van der Waals surface area contributed by atoms with Crippen LogP contribution in [0.4, 0.5) is 0 Å². The lowest BCUT2D eigenvalue weighted by molar-refractivity contribution is -0.134. The van der Waals surface area contributed by atoms with E-state index in [0.29, 0.717) is 24.5 Å². The predicted octanol–water partition coefficient (Wildman–Crippen LogP) is 5.46. The molecule has 0 fully saturated rings. The molecule has 4 nitrogen and oxygen atoms in total. The average Bonchev–Trinajstić information content (AvgIpc) is 3.21. The quantitative estimate of drug-likeness (QED) is 0.519. The normalized spacial score (nSPS) is 15.9. The lowest BCUT2D eigenvalue weighted by atomic mass is 9.97. The second-order valence-corrected chi connectivity index (χ2v) is 8.52. The number of hydrogen-bond donors (Lipinski definition) is 0. The Balaban J connectivity index is 1.56. The van der Waals surface area contributed by atoms with Crippen molar-refractivity contribution in [3.8, 4) is 0 Å². The highest BCUT2D eigenvalue weighted by atomic mass is 35.5. The fraction of sp³-hybridized carbons (Fsp3) is 0.231. The summed E-state index contributed by atoms with van der Waals surface area (Å²) in [7, 11) is 1.96. The van der Waals surface area contributed by atoms with E-state index in [4.69, 9.17) is 16.7 Å². The molecule has 0 aliphatic carbocycles. The molecule has 0 saturated heterocycles. The van der Waals surface area contributed by atoms with Crippen LogP contribution in [0.25, 0.3) is 0 Å². The highest BCUT2D eigenvalue weighted by molar-refractivity contribution is 6.30. The Kier molecular flexibility index (Phi) is 6.50. The van der Waals surface area contributed by atoms with Gasteiger partial charge in [0, 0.05) is 18.0 Å². The van der Waals surface area contributed by atoms with Gasteiger partial charge in [-0.15, -0.1) is 0 Å². The van der Waals surface area contributed by atoms with E-state index in [1.165, 1.54) is 11.1 Å². The molecule has 0 bridgehead atoms. The molecule has 3 aromatic rings. The molecule has 0 N–H and O–H groups in total. The Hall–Kier alpha value is -2.95. The Morgan fingerprint density at radius 3 is 2.52 bits per heavy atom. The SMILES string of the molecule is Cc1cccc(C2=NN(C(=O)CN(C)Cc3ccccc3)[C@@H](c3ccc(Cl)cc3)C2)c1. The number of carbonyl (C=O) groups is 1. The number of likely N-dealkylation sites (N-methyl/N-ethyl adjacent to an activating group) is 1. The third-order valence-corrected chi connectivity index (χ3v) is 5.72. The van der Waals surface area contributed by atoms with E-state index in [1.807, 2.05) is 60.5 Å². The minimum Gasteiger partial charge on any atom is -0.293 e. The zero-order valence-electron chi connectivity index (χ0n) is 17.8. The Morgan fingerprint density at radius 2 is 1.81 bits per heavy atom. The largest absolute Gasteiger partial charge is 0.293 e. The minimum atomic E-state index is -0.134. The van der Waals surface area contributed by atoms with Gasteiger partial charge in [-0.3, -0.25) is 9.69 Å². The first-order valence-corrected chi connectivity index (χ1v) is 10.8. The smallest absolute Gasteiger partial charge is 0.257 e. The maximum atomic E-state index is 13.3. The number of carbonyl (C=O) groups excluding carboxylic acids is 1. The zero-order chi connectivity index (χ0) is 21.8. The number of aryl methyl sites for hydroxylation is 1. The van der Waals surface area contributed by atoms with E-state index in [1.54, 1.807) is 5.01 Å². The van der Waals surface area contributed by atoms with E-state index in [0.717, 1.165) is 16.8 Å². The Labute approximate surface area is 188 Å². The number of hydrogen-bond acceptors (Lipinski definition) is 3. The van der Waals surface area contributed by atoms with Gasteiger partial charge < -0.3 is 0 Å². The van der Waals surface area contributed by atoms with Crippen molar-refractivity contribution >= 4 is 23.2 Å². The van der Waals surface area contributed by atoms with E-state index in [-0.39, 0.29) is 11.9 Å². The molecule has 1 atom stereocenters. The molecule has 5 heteroatoms. The van der Waals surface area contributed by atoms with Crippen LogP contribution in [0.2, 0.25) is 5.02 Å². The molecule has 0 radical (unpaired) electrons.